The molecule has 11 atom stereocenters. The molecule has 4 aliphatic rings. The van der Waals surface area contributed by atoms with Crippen LogP contribution in [0, 0.1) is 46.3 Å². The van der Waals surface area contributed by atoms with Gasteiger partial charge in [0.1, 0.15) is 11.6 Å². The quantitative estimate of drug-likeness (QED) is 0.502. The molecule has 4 fully saturated rings. The second-order valence-corrected chi connectivity index (χ2v) is 13.7. The lowest BCUT2D eigenvalue weighted by Gasteiger charge is -2.63. The van der Waals surface area contributed by atoms with Crippen molar-refractivity contribution in [2.24, 2.45) is 46.3 Å². The zero-order chi connectivity index (χ0) is 26.8. The first-order valence-electron chi connectivity index (χ1n) is 15.0. The van der Waals surface area contributed by atoms with Crippen molar-refractivity contribution in [3.63, 3.8) is 0 Å². The van der Waals surface area contributed by atoms with E-state index in [1.54, 1.807) is 7.11 Å². The second-order valence-electron chi connectivity index (χ2n) is 13.7. The topological polar surface area (TPSA) is 95.7 Å². The van der Waals surface area contributed by atoms with Gasteiger partial charge in [-0.05, 0) is 110 Å². The molecule has 0 amide bonds. The molecule has 0 spiro atoms. The first-order valence-corrected chi connectivity index (χ1v) is 15.0. The number of nitrogens with zero attached hydrogens (tertiary/aromatic N) is 2. The van der Waals surface area contributed by atoms with Gasteiger partial charge in [0.05, 0.1) is 36.3 Å². The summed E-state index contributed by atoms with van der Waals surface area (Å²) < 4.78 is 5.46. The van der Waals surface area contributed by atoms with Crippen molar-refractivity contribution in [3.05, 3.63) is 30.2 Å². The third-order valence-electron chi connectivity index (χ3n) is 12.2. The van der Waals surface area contributed by atoms with E-state index in [1.165, 1.54) is 0 Å². The van der Waals surface area contributed by atoms with Gasteiger partial charge in [-0.1, -0.05) is 26.8 Å². The van der Waals surface area contributed by atoms with Gasteiger partial charge in [0.2, 0.25) is 0 Å². The Morgan fingerprint density at radius 1 is 1.05 bits per heavy atom. The summed E-state index contributed by atoms with van der Waals surface area (Å²) in [5, 5.41) is 34.6. The van der Waals surface area contributed by atoms with E-state index in [-0.39, 0.29) is 35.1 Å². The van der Waals surface area contributed by atoms with Crippen LogP contribution in [-0.4, -0.2) is 50.7 Å². The Balaban J connectivity index is 1.19. The summed E-state index contributed by atoms with van der Waals surface area (Å²) >= 11 is 0. The van der Waals surface area contributed by atoms with Crippen molar-refractivity contribution in [2.75, 3.05) is 7.11 Å². The molecule has 0 saturated heterocycles. The van der Waals surface area contributed by atoms with Gasteiger partial charge in [-0.25, -0.2) is 9.97 Å². The van der Waals surface area contributed by atoms with Crippen LogP contribution in [0.1, 0.15) is 78.0 Å². The SMILES string of the molecule is COc1cccc2nc(CC[C@@H](C)[C@H]3CC[C@H]4[C@H]5C(C[C@H](O)[C@]34C)[C@@]3(C)CC[C@@H](O)C[C@H]3C[C@H]5O)ncc12. The molecule has 208 valence electrons. The number of fused-ring (bicyclic) bond motifs is 6. The van der Waals surface area contributed by atoms with E-state index in [4.69, 9.17) is 9.72 Å². The van der Waals surface area contributed by atoms with Crippen LogP contribution in [0.2, 0.25) is 0 Å². The average Bonchev–Trinajstić information content (AvgIpc) is 3.26. The number of methoxy groups -OCH3 is 1. The van der Waals surface area contributed by atoms with Crippen LogP contribution in [0.4, 0.5) is 0 Å². The molecule has 0 aliphatic heterocycles. The summed E-state index contributed by atoms with van der Waals surface area (Å²) in [7, 11) is 1.67. The van der Waals surface area contributed by atoms with E-state index in [2.05, 4.69) is 25.8 Å². The molecule has 2 aromatic rings. The smallest absolute Gasteiger partial charge is 0.129 e. The van der Waals surface area contributed by atoms with Crippen molar-refractivity contribution in [1.29, 1.82) is 0 Å². The minimum absolute atomic E-state index is 0.116. The van der Waals surface area contributed by atoms with Gasteiger partial charge < -0.3 is 20.1 Å². The first-order chi connectivity index (χ1) is 18.2. The number of hydrogen-bond donors (Lipinski definition) is 3. The molecule has 1 unspecified atom stereocenters. The highest BCUT2D eigenvalue weighted by Gasteiger charge is 2.65. The Hall–Kier alpha value is -1.76. The highest BCUT2D eigenvalue weighted by Crippen LogP contribution is 2.68. The number of rotatable bonds is 5. The minimum atomic E-state index is -0.345. The van der Waals surface area contributed by atoms with Crippen molar-refractivity contribution in [1.82, 2.24) is 9.97 Å². The molecule has 0 bridgehead atoms. The minimum Gasteiger partial charge on any atom is -0.496 e. The average molecular weight is 523 g/mol. The molecular formula is C32H46N2O4. The van der Waals surface area contributed by atoms with E-state index in [9.17, 15) is 15.3 Å². The monoisotopic (exact) mass is 522 g/mol. The van der Waals surface area contributed by atoms with E-state index in [0.717, 1.165) is 80.3 Å². The van der Waals surface area contributed by atoms with Crippen LogP contribution in [0.3, 0.4) is 0 Å². The molecule has 1 aromatic heterocycles. The summed E-state index contributed by atoms with van der Waals surface area (Å²) in [6.07, 6.45) is 9.26. The van der Waals surface area contributed by atoms with E-state index in [1.807, 2.05) is 24.4 Å². The van der Waals surface area contributed by atoms with E-state index < -0.39 is 0 Å². The summed E-state index contributed by atoms with van der Waals surface area (Å²) in [6.45, 7) is 7.08. The number of ether oxygens (including phenoxy) is 1. The fourth-order valence-corrected chi connectivity index (χ4v) is 10.1. The predicted molar refractivity (Wildman–Crippen MR) is 148 cm³/mol. The fraction of sp³-hybridized carbons (Fsp3) is 0.750. The number of benzene rings is 1. The molecule has 1 heterocycles. The van der Waals surface area contributed by atoms with Crippen LogP contribution < -0.4 is 4.74 Å². The van der Waals surface area contributed by atoms with Gasteiger partial charge in [-0.15, -0.1) is 0 Å². The van der Waals surface area contributed by atoms with Gasteiger partial charge in [-0.3, -0.25) is 0 Å². The zero-order valence-electron chi connectivity index (χ0n) is 23.5. The van der Waals surface area contributed by atoms with Crippen LogP contribution in [0.25, 0.3) is 10.9 Å². The molecular weight excluding hydrogens is 476 g/mol. The van der Waals surface area contributed by atoms with Crippen LogP contribution in [0.15, 0.2) is 24.4 Å². The second kappa shape index (κ2) is 9.71. The number of hydrogen-bond acceptors (Lipinski definition) is 6. The van der Waals surface area contributed by atoms with Gasteiger partial charge in [-0.2, -0.15) is 0 Å². The Labute approximate surface area is 227 Å². The van der Waals surface area contributed by atoms with Crippen molar-refractivity contribution in [2.45, 2.75) is 96.9 Å². The van der Waals surface area contributed by atoms with E-state index >= 15 is 0 Å². The number of aromatic nitrogens is 2. The lowest BCUT2D eigenvalue weighted by atomic mass is 9.43. The maximum absolute atomic E-state index is 11.8. The molecule has 6 nitrogen and oxygen atoms in total. The lowest BCUT2D eigenvalue weighted by molar-refractivity contribution is -0.207. The molecule has 4 saturated carbocycles. The highest BCUT2D eigenvalue weighted by molar-refractivity contribution is 5.84. The highest BCUT2D eigenvalue weighted by atomic mass is 16.5. The summed E-state index contributed by atoms with van der Waals surface area (Å²) in [5.74, 6) is 3.84. The fourth-order valence-electron chi connectivity index (χ4n) is 10.1. The number of aryl methyl sites for hydroxylation is 1. The van der Waals surface area contributed by atoms with Gasteiger partial charge in [0.25, 0.3) is 0 Å². The number of aliphatic hydroxyl groups is 3. The standard InChI is InChI=1S/C32H46N2O4/c1-18(8-11-29-33-17-21-25(34-29)6-5-7-27(21)38-4)22-9-10-23-30-24(16-28(37)32(22,23)3)31(2)13-12-20(35)14-19(31)15-26(30)36/h5-7,17-20,22-24,26,28,30,35-37H,8-16H2,1-4H3/t18-,19+,20-,22-,23+,24?,26-,28+,30+,31+,32-/m1/s1. The maximum Gasteiger partial charge on any atom is 0.129 e. The van der Waals surface area contributed by atoms with Gasteiger partial charge in [0.15, 0.2) is 0 Å². The largest absolute Gasteiger partial charge is 0.496 e. The predicted octanol–water partition coefficient (Wildman–Crippen LogP) is 5.17. The Morgan fingerprint density at radius 2 is 1.87 bits per heavy atom. The molecule has 1 aromatic carbocycles. The summed E-state index contributed by atoms with van der Waals surface area (Å²) in [6, 6.07) is 5.92. The lowest BCUT2D eigenvalue weighted by Crippen LogP contribution is -2.62. The molecule has 6 rings (SSSR count). The molecule has 3 N–H and O–H groups in total. The summed E-state index contributed by atoms with van der Waals surface area (Å²) in [5.41, 5.74) is 0.860. The first kappa shape index (κ1) is 26.5. The number of aliphatic hydroxyl groups excluding tert-OH is 3. The van der Waals surface area contributed by atoms with Gasteiger partial charge >= 0.3 is 0 Å². The maximum atomic E-state index is 11.8. The summed E-state index contributed by atoms with van der Waals surface area (Å²) in [4.78, 5) is 9.47. The van der Waals surface area contributed by atoms with Crippen LogP contribution in [0.5, 0.6) is 5.75 Å². The normalized spacial score (nSPS) is 43.2. The zero-order valence-corrected chi connectivity index (χ0v) is 23.5. The Bertz CT molecular complexity index is 1170. The van der Waals surface area contributed by atoms with Crippen LogP contribution >= 0.6 is 0 Å². The molecule has 6 heteroatoms. The molecule has 4 aliphatic carbocycles. The molecule has 0 radical (unpaired) electrons. The Kier molecular flexibility index (Phi) is 6.76. The third kappa shape index (κ3) is 4.00. The third-order valence-corrected chi connectivity index (χ3v) is 12.2. The van der Waals surface area contributed by atoms with Crippen molar-refractivity contribution < 1.29 is 20.1 Å². The van der Waals surface area contributed by atoms with Gasteiger partial charge in [0, 0.05) is 12.6 Å². The Morgan fingerprint density at radius 3 is 2.66 bits per heavy atom. The van der Waals surface area contributed by atoms with Crippen molar-refractivity contribution in [3.8, 4) is 5.75 Å². The van der Waals surface area contributed by atoms with E-state index in [0.29, 0.717) is 29.6 Å². The van der Waals surface area contributed by atoms with Crippen LogP contribution in [-0.2, 0) is 6.42 Å². The molecule has 38 heavy (non-hydrogen) atoms. The van der Waals surface area contributed by atoms with Crippen molar-refractivity contribution >= 4 is 10.9 Å².